The molecule has 0 bridgehead atoms. The monoisotopic (exact) mass is 545 g/mol. The topological polar surface area (TPSA) is 76.2 Å². The second-order valence-electron chi connectivity index (χ2n) is 10.2. The van der Waals surface area contributed by atoms with Gasteiger partial charge in [0.1, 0.15) is 18.2 Å². The van der Waals surface area contributed by atoms with Gasteiger partial charge in [0.2, 0.25) is 5.88 Å². The van der Waals surface area contributed by atoms with E-state index in [1.54, 1.807) is 18.2 Å². The van der Waals surface area contributed by atoms with E-state index in [1.165, 1.54) is 6.07 Å². The van der Waals surface area contributed by atoms with Crippen LogP contribution in [-0.4, -0.2) is 45.2 Å². The van der Waals surface area contributed by atoms with Gasteiger partial charge in [-0.05, 0) is 68.8 Å². The van der Waals surface area contributed by atoms with E-state index in [0.717, 1.165) is 74.6 Å². The summed E-state index contributed by atoms with van der Waals surface area (Å²) in [5.41, 5.74) is 3.98. The van der Waals surface area contributed by atoms with Gasteiger partial charge in [-0.2, -0.15) is 5.26 Å². The Morgan fingerprint density at radius 3 is 2.67 bits per heavy atom. The van der Waals surface area contributed by atoms with Crippen molar-refractivity contribution in [3.05, 3.63) is 88.1 Å². The predicted octanol–water partition coefficient (Wildman–Crippen LogP) is 5.84. The molecule has 200 valence electrons. The van der Waals surface area contributed by atoms with Crippen molar-refractivity contribution in [2.75, 3.05) is 19.7 Å². The fraction of sp³-hybridized carbons (Fsp3) is 0.367. The number of fused-ring (bicyclic) bond motifs is 1. The van der Waals surface area contributed by atoms with E-state index in [9.17, 15) is 9.65 Å². The molecule has 0 amide bonds. The van der Waals surface area contributed by atoms with Crippen LogP contribution in [-0.2, 0) is 24.4 Å². The first-order valence-electron chi connectivity index (χ1n) is 13.3. The molecule has 4 heterocycles. The highest BCUT2D eigenvalue weighted by Crippen LogP contribution is 2.30. The van der Waals surface area contributed by atoms with Gasteiger partial charge in [0.05, 0.1) is 41.9 Å². The van der Waals surface area contributed by atoms with Gasteiger partial charge in [0.15, 0.2) is 0 Å². The summed E-state index contributed by atoms with van der Waals surface area (Å²) in [5, 5.41) is 9.68. The van der Waals surface area contributed by atoms with Gasteiger partial charge in [-0.25, -0.2) is 14.4 Å². The minimum Gasteiger partial charge on any atom is -0.473 e. The summed E-state index contributed by atoms with van der Waals surface area (Å²) in [6, 6.07) is 18.3. The average molecular weight is 546 g/mol. The third kappa shape index (κ3) is 5.76. The van der Waals surface area contributed by atoms with E-state index in [0.29, 0.717) is 27.9 Å². The standard InChI is InChI=1S/C30H29ClFN5O2/c31-23-6-5-22(25(32)15-23)19-39-30-3-1-2-26(35-30)21-8-11-36(12-9-21)18-29-34-27-14-20(16-33)4-7-28(27)37(29)17-24-10-13-38-24/h1-7,14-15,21,24H,8-13,17-19H2/t24-/m0/s1. The van der Waals surface area contributed by atoms with Gasteiger partial charge in [0.25, 0.3) is 0 Å². The van der Waals surface area contributed by atoms with E-state index in [1.807, 2.05) is 30.3 Å². The van der Waals surface area contributed by atoms with Crippen molar-refractivity contribution >= 4 is 22.6 Å². The molecule has 6 rings (SSSR count). The molecule has 2 fully saturated rings. The molecule has 39 heavy (non-hydrogen) atoms. The summed E-state index contributed by atoms with van der Waals surface area (Å²) in [6.07, 6.45) is 3.24. The number of hydrogen-bond donors (Lipinski definition) is 0. The van der Waals surface area contributed by atoms with E-state index < -0.39 is 0 Å². The molecule has 2 aliphatic rings. The molecule has 0 aliphatic carbocycles. The molecule has 2 aliphatic heterocycles. The first kappa shape index (κ1) is 25.8. The Morgan fingerprint density at radius 1 is 1.08 bits per heavy atom. The fourth-order valence-electron chi connectivity index (χ4n) is 5.32. The van der Waals surface area contributed by atoms with Crippen LogP contribution in [0, 0.1) is 17.1 Å². The number of nitrogens with zero attached hydrogens (tertiary/aromatic N) is 5. The van der Waals surface area contributed by atoms with Crippen LogP contribution in [0.2, 0.25) is 5.02 Å². The molecule has 2 saturated heterocycles. The van der Waals surface area contributed by atoms with Crippen molar-refractivity contribution in [3.8, 4) is 11.9 Å². The summed E-state index contributed by atoms with van der Waals surface area (Å²) in [5.74, 6) is 1.45. The number of hydrogen-bond acceptors (Lipinski definition) is 6. The Morgan fingerprint density at radius 2 is 1.92 bits per heavy atom. The second kappa shape index (κ2) is 11.3. The molecule has 2 aromatic heterocycles. The molecule has 7 nitrogen and oxygen atoms in total. The number of likely N-dealkylation sites (tertiary alicyclic amines) is 1. The van der Waals surface area contributed by atoms with Gasteiger partial charge in [-0.1, -0.05) is 23.7 Å². The molecule has 0 saturated carbocycles. The van der Waals surface area contributed by atoms with Crippen molar-refractivity contribution in [1.29, 1.82) is 5.26 Å². The van der Waals surface area contributed by atoms with Gasteiger partial charge < -0.3 is 14.0 Å². The van der Waals surface area contributed by atoms with Crippen LogP contribution in [0.3, 0.4) is 0 Å². The third-order valence-electron chi connectivity index (χ3n) is 7.64. The van der Waals surface area contributed by atoms with Crippen LogP contribution in [0.1, 0.15) is 47.8 Å². The first-order chi connectivity index (χ1) is 19.1. The smallest absolute Gasteiger partial charge is 0.213 e. The van der Waals surface area contributed by atoms with Crippen LogP contribution in [0.5, 0.6) is 5.88 Å². The molecule has 1 atom stereocenters. The maximum atomic E-state index is 14.1. The summed E-state index contributed by atoms with van der Waals surface area (Å²) >= 11 is 5.85. The van der Waals surface area contributed by atoms with Crippen LogP contribution >= 0.6 is 11.6 Å². The summed E-state index contributed by atoms with van der Waals surface area (Å²) in [6.45, 7) is 4.31. The van der Waals surface area contributed by atoms with Crippen molar-refractivity contribution in [2.24, 2.45) is 0 Å². The molecular weight excluding hydrogens is 517 g/mol. The maximum Gasteiger partial charge on any atom is 0.213 e. The summed E-state index contributed by atoms with van der Waals surface area (Å²) < 4.78 is 27.9. The zero-order valence-electron chi connectivity index (χ0n) is 21.5. The van der Waals surface area contributed by atoms with Crippen molar-refractivity contribution in [3.63, 3.8) is 0 Å². The van der Waals surface area contributed by atoms with E-state index in [4.69, 9.17) is 31.0 Å². The highest BCUT2D eigenvalue weighted by atomic mass is 35.5. The SMILES string of the molecule is N#Cc1ccc2c(c1)nc(CN1CCC(c3cccc(OCc4ccc(Cl)cc4F)n3)CC1)n2C[C@@H]1CCO1. The number of pyridine rings is 1. The molecule has 4 aromatic rings. The highest BCUT2D eigenvalue weighted by molar-refractivity contribution is 6.30. The van der Waals surface area contributed by atoms with Crippen molar-refractivity contribution < 1.29 is 13.9 Å². The van der Waals surface area contributed by atoms with E-state index in [-0.39, 0.29) is 18.5 Å². The van der Waals surface area contributed by atoms with Gasteiger partial charge >= 0.3 is 0 Å². The van der Waals surface area contributed by atoms with E-state index in [2.05, 4.69) is 15.5 Å². The lowest BCUT2D eigenvalue weighted by Crippen LogP contribution is -2.35. The molecule has 2 aromatic carbocycles. The number of rotatable bonds is 8. The zero-order valence-corrected chi connectivity index (χ0v) is 22.3. The molecule has 0 N–H and O–H groups in total. The average Bonchev–Trinajstić information content (AvgIpc) is 3.26. The number of benzene rings is 2. The number of ether oxygens (including phenoxy) is 2. The molecule has 9 heteroatoms. The van der Waals surface area contributed by atoms with Gasteiger partial charge in [-0.15, -0.1) is 0 Å². The Hall–Kier alpha value is -3.51. The number of halogens is 2. The lowest BCUT2D eigenvalue weighted by atomic mass is 9.93. The number of aromatic nitrogens is 3. The number of nitriles is 1. The fourth-order valence-corrected chi connectivity index (χ4v) is 5.48. The van der Waals surface area contributed by atoms with Gasteiger partial charge in [-0.3, -0.25) is 4.90 Å². The minimum atomic E-state index is -0.384. The summed E-state index contributed by atoms with van der Waals surface area (Å²) in [4.78, 5) is 12.1. The largest absolute Gasteiger partial charge is 0.473 e. The second-order valence-corrected chi connectivity index (χ2v) is 10.6. The quantitative estimate of drug-likeness (QED) is 0.277. The van der Waals surface area contributed by atoms with Crippen molar-refractivity contribution in [2.45, 2.75) is 51.0 Å². The molecular formula is C30H29ClFN5O2. The van der Waals surface area contributed by atoms with Crippen LogP contribution in [0.4, 0.5) is 4.39 Å². The number of piperidine rings is 1. The van der Waals surface area contributed by atoms with E-state index >= 15 is 0 Å². The first-order valence-corrected chi connectivity index (χ1v) is 13.7. The lowest BCUT2D eigenvalue weighted by molar-refractivity contribution is -0.0592. The maximum absolute atomic E-state index is 14.1. The molecule has 0 unspecified atom stereocenters. The Bertz CT molecular complexity index is 1520. The molecule has 0 spiro atoms. The normalized spacial score (nSPS) is 18.1. The minimum absolute atomic E-state index is 0.0979. The summed E-state index contributed by atoms with van der Waals surface area (Å²) in [7, 11) is 0. The predicted molar refractivity (Wildman–Crippen MR) is 146 cm³/mol. The van der Waals surface area contributed by atoms with Gasteiger partial charge in [0, 0.05) is 34.9 Å². The highest BCUT2D eigenvalue weighted by Gasteiger charge is 2.26. The molecule has 0 radical (unpaired) electrons. The van der Waals surface area contributed by atoms with Crippen LogP contribution < -0.4 is 4.74 Å². The Kier molecular flexibility index (Phi) is 7.47. The van der Waals surface area contributed by atoms with Crippen LogP contribution in [0.25, 0.3) is 11.0 Å². The number of imidazole rings is 1. The zero-order chi connectivity index (χ0) is 26.8. The Labute approximate surface area is 231 Å². The Balaban J connectivity index is 1.10. The van der Waals surface area contributed by atoms with Crippen molar-refractivity contribution in [1.82, 2.24) is 19.4 Å². The van der Waals surface area contributed by atoms with Crippen LogP contribution in [0.15, 0.2) is 54.6 Å². The third-order valence-corrected chi connectivity index (χ3v) is 7.88. The lowest BCUT2D eigenvalue weighted by Gasteiger charge is -2.32.